The molecule has 0 aromatic carbocycles. The summed E-state index contributed by atoms with van der Waals surface area (Å²) in [5, 5.41) is 2.81. The molecule has 1 unspecified atom stereocenters. The molecule has 1 N–H and O–H groups in total. The van der Waals surface area contributed by atoms with Crippen molar-refractivity contribution in [3.63, 3.8) is 0 Å². The molecule has 96 valence electrons. The summed E-state index contributed by atoms with van der Waals surface area (Å²) >= 11 is 0. The topological polar surface area (TPSA) is 78.4 Å². The Morgan fingerprint density at radius 2 is 1.94 bits per heavy atom. The maximum Gasteiger partial charge on any atom is 0.324 e. The van der Waals surface area contributed by atoms with Crippen molar-refractivity contribution in [1.29, 1.82) is 0 Å². The van der Waals surface area contributed by atoms with Gasteiger partial charge in [-0.1, -0.05) is 0 Å². The molecule has 0 saturated heterocycles. The largest absolute Gasteiger partial charge is 0.467 e. The smallest absolute Gasteiger partial charge is 0.324 e. The first-order chi connectivity index (χ1) is 8.19. The van der Waals surface area contributed by atoms with E-state index in [4.69, 9.17) is 14.2 Å². The molecule has 0 amide bonds. The molecule has 0 saturated carbocycles. The first-order valence-corrected chi connectivity index (χ1v) is 5.41. The van der Waals surface area contributed by atoms with Crippen molar-refractivity contribution in [3.8, 4) is 12.0 Å². The van der Waals surface area contributed by atoms with E-state index < -0.39 is 0 Å². The average Bonchev–Trinajstić information content (AvgIpc) is 2.35. The molecule has 1 aromatic rings. The first kappa shape index (κ1) is 13.4. The zero-order valence-corrected chi connectivity index (χ0v) is 10.6. The zero-order valence-electron chi connectivity index (χ0n) is 10.6. The summed E-state index contributed by atoms with van der Waals surface area (Å²) in [4.78, 5) is 12.0. The third-order valence-electron chi connectivity index (χ3n) is 1.86. The van der Waals surface area contributed by atoms with E-state index in [-0.39, 0.29) is 18.1 Å². The summed E-state index contributed by atoms with van der Waals surface area (Å²) in [6.45, 7) is 4.94. The molecule has 0 fully saturated rings. The zero-order chi connectivity index (χ0) is 12.7. The molecule has 0 aliphatic rings. The van der Waals surface area contributed by atoms with E-state index in [0.29, 0.717) is 19.2 Å². The quantitative estimate of drug-likeness (QED) is 0.754. The summed E-state index contributed by atoms with van der Waals surface area (Å²) in [5.74, 6) is 0.399. The number of ether oxygens (including phenoxy) is 3. The van der Waals surface area contributed by atoms with Crippen molar-refractivity contribution in [2.45, 2.75) is 20.0 Å². The van der Waals surface area contributed by atoms with Crippen molar-refractivity contribution in [2.75, 3.05) is 32.7 Å². The molecule has 0 bridgehead atoms. The van der Waals surface area contributed by atoms with Crippen LogP contribution in [0, 0.1) is 0 Å². The Hall–Kier alpha value is -1.63. The van der Waals surface area contributed by atoms with Crippen LogP contribution in [0.5, 0.6) is 12.0 Å². The molecule has 0 aliphatic heterocycles. The molecule has 0 spiro atoms. The molecular weight excluding hydrogens is 224 g/mol. The van der Waals surface area contributed by atoms with Crippen LogP contribution in [0.2, 0.25) is 0 Å². The van der Waals surface area contributed by atoms with Gasteiger partial charge < -0.3 is 19.5 Å². The number of rotatable bonds is 7. The lowest BCUT2D eigenvalue weighted by Crippen LogP contribution is -2.20. The van der Waals surface area contributed by atoms with Crippen molar-refractivity contribution in [3.05, 3.63) is 0 Å². The average molecular weight is 242 g/mol. The van der Waals surface area contributed by atoms with Crippen LogP contribution in [-0.2, 0) is 4.74 Å². The number of nitrogens with one attached hydrogen (secondary N) is 1. The fourth-order valence-corrected chi connectivity index (χ4v) is 1.09. The van der Waals surface area contributed by atoms with Crippen LogP contribution >= 0.6 is 0 Å². The SMILES string of the molecule is CCOCC(C)Oc1nc(NC)nc(OC)n1. The molecule has 1 rings (SSSR count). The highest BCUT2D eigenvalue weighted by molar-refractivity contribution is 5.26. The van der Waals surface area contributed by atoms with Crippen molar-refractivity contribution in [2.24, 2.45) is 0 Å². The Morgan fingerprint density at radius 3 is 2.53 bits per heavy atom. The standard InChI is InChI=1S/C10H18N4O3/c1-5-16-6-7(2)17-10-13-8(11-3)12-9(14-10)15-4/h7H,5-6H2,1-4H3,(H,11,12,13,14). The summed E-state index contributed by atoms with van der Waals surface area (Å²) in [6, 6.07) is 0.427. The van der Waals surface area contributed by atoms with E-state index in [0.717, 1.165) is 0 Å². The second-order valence-electron chi connectivity index (χ2n) is 3.27. The van der Waals surface area contributed by atoms with E-state index in [1.165, 1.54) is 7.11 Å². The lowest BCUT2D eigenvalue weighted by Gasteiger charge is -2.13. The Kier molecular flexibility index (Phi) is 5.41. The number of hydrogen-bond acceptors (Lipinski definition) is 7. The number of aromatic nitrogens is 3. The van der Waals surface area contributed by atoms with Crippen LogP contribution in [0.25, 0.3) is 0 Å². The minimum absolute atomic E-state index is 0.133. The Labute approximate surface area is 101 Å². The van der Waals surface area contributed by atoms with E-state index in [2.05, 4.69) is 20.3 Å². The molecule has 1 aromatic heterocycles. The van der Waals surface area contributed by atoms with Gasteiger partial charge >= 0.3 is 12.0 Å². The third kappa shape index (κ3) is 4.39. The van der Waals surface area contributed by atoms with Crippen LogP contribution in [-0.4, -0.2) is 48.4 Å². The van der Waals surface area contributed by atoms with Gasteiger partial charge in [-0.15, -0.1) is 4.98 Å². The highest BCUT2D eigenvalue weighted by Gasteiger charge is 2.10. The maximum absolute atomic E-state index is 5.49. The molecule has 7 nitrogen and oxygen atoms in total. The van der Waals surface area contributed by atoms with Crippen LogP contribution in [0.1, 0.15) is 13.8 Å². The van der Waals surface area contributed by atoms with E-state index in [1.807, 2.05) is 13.8 Å². The molecular formula is C10H18N4O3. The monoisotopic (exact) mass is 242 g/mol. The Balaban J connectivity index is 2.68. The summed E-state index contributed by atoms with van der Waals surface area (Å²) in [7, 11) is 3.20. The molecule has 7 heteroatoms. The van der Waals surface area contributed by atoms with Crippen LogP contribution in [0.4, 0.5) is 5.95 Å². The molecule has 1 heterocycles. The van der Waals surface area contributed by atoms with Crippen LogP contribution in [0.15, 0.2) is 0 Å². The van der Waals surface area contributed by atoms with Gasteiger partial charge in [0, 0.05) is 13.7 Å². The number of nitrogens with zero attached hydrogens (tertiary/aromatic N) is 3. The fourth-order valence-electron chi connectivity index (χ4n) is 1.09. The normalized spacial score (nSPS) is 12.0. The minimum Gasteiger partial charge on any atom is -0.467 e. The minimum atomic E-state index is -0.133. The van der Waals surface area contributed by atoms with Gasteiger partial charge in [-0.05, 0) is 13.8 Å². The fraction of sp³-hybridized carbons (Fsp3) is 0.700. The van der Waals surface area contributed by atoms with E-state index >= 15 is 0 Å². The Bertz CT molecular complexity index is 326. The number of methoxy groups -OCH3 is 1. The third-order valence-corrected chi connectivity index (χ3v) is 1.86. The van der Waals surface area contributed by atoms with E-state index in [9.17, 15) is 0 Å². The van der Waals surface area contributed by atoms with Crippen molar-refractivity contribution >= 4 is 5.95 Å². The van der Waals surface area contributed by atoms with Crippen LogP contribution in [0.3, 0.4) is 0 Å². The van der Waals surface area contributed by atoms with Crippen molar-refractivity contribution in [1.82, 2.24) is 15.0 Å². The maximum atomic E-state index is 5.49. The van der Waals surface area contributed by atoms with Crippen LogP contribution < -0.4 is 14.8 Å². The highest BCUT2D eigenvalue weighted by atomic mass is 16.5. The lowest BCUT2D eigenvalue weighted by molar-refractivity contribution is 0.0602. The molecule has 0 radical (unpaired) electrons. The van der Waals surface area contributed by atoms with Gasteiger partial charge in [0.25, 0.3) is 0 Å². The van der Waals surface area contributed by atoms with Gasteiger partial charge in [0.05, 0.1) is 13.7 Å². The predicted octanol–water partition coefficient (Wildman–Crippen LogP) is 0.726. The van der Waals surface area contributed by atoms with Gasteiger partial charge in [0.1, 0.15) is 6.10 Å². The van der Waals surface area contributed by atoms with Gasteiger partial charge in [-0.25, -0.2) is 0 Å². The molecule has 1 atom stereocenters. The van der Waals surface area contributed by atoms with Gasteiger partial charge in [0.15, 0.2) is 0 Å². The first-order valence-electron chi connectivity index (χ1n) is 5.41. The van der Waals surface area contributed by atoms with Gasteiger partial charge in [0.2, 0.25) is 5.95 Å². The molecule has 17 heavy (non-hydrogen) atoms. The Morgan fingerprint density at radius 1 is 1.24 bits per heavy atom. The summed E-state index contributed by atoms with van der Waals surface area (Å²) in [6.07, 6.45) is -0.133. The second-order valence-corrected chi connectivity index (χ2v) is 3.27. The highest BCUT2D eigenvalue weighted by Crippen LogP contribution is 2.13. The van der Waals surface area contributed by atoms with Gasteiger partial charge in [-0.2, -0.15) is 9.97 Å². The van der Waals surface area contributed by atoms with E-state index in [1.54, 1.807) is 7.05 Å². The number of anilines is 1. The van der Waals surface area contributed by atoms with Crippen molar-refractivity contribution < 1.29 is 14.2 Å². The summed E-state index contributed by atoms with van der Waals surface area (Å²) in [5.41, 5.74) is 0. The predicted molar refractivity (Wildman–Crippen MR) is 62.5 cm³/mol. The number of hydrogen-bond donors (Lipinski definition) is 1. The van der Waals surface area contributed by atoms with Gasteiger partial charge in [-0.3, -0.25) is 0 Å². The lowest BCUT2D eigenvalue weighted by atomic mass is 10.4. The second kappa shape index (κ2) is 6.85. The summed E-state index contributed by atoms with van der Waals surface area (Å²) < 4.78 is 15.7. The molecule has 0 aliphatic carbocycles.